The Hall–Kier alpha value is -1.84. The SMILES string of the molecule is FC(F)(F)c1cc(-c2n[nH]c(=S)o2)cc(C(F)(F)F)c1. The highest BCUT2D eigenvalue weighted by Crippen LogP contribution is 2.38. The topological polar surface area (TPSA) is 41.8 Å². The third kappa shape index (κ3) is 3.00. The molecule has 0 spiro atoms. The fourth-order valence-corrected chi connectivity index (χ4v) is 1.56. The molecule has 0 aliphatic carbocycles. The van der Waals surface area contributed by atoms with Crippen LogP contribution < -0.4 is 0 Å². The monoisotopic (exact) mass is 314 g/mol. The van der Waals surface area contributed by atoms with Crippen molar-refractivity contribution in [2.24, 2.45) is 0 Å². The molecule has 0 saturated carbocycles. The predicted molar refractivity (Wildman–Crippen MR) is 57.1 cm³/mol. The van der Waals surface area contributed by atoms with Crippen LogP contribution in [0, 0.1) is 4.84 Å². The van der Waals surface area contributed by atoms with Gasteiger partial charge in [0.1, 0.15) is 0 Å². The summed E-state index contributed by atoms with van der Waals surface area (Å²) < 4.78 is 80.4. The van der Waals surface area contributed by atoms with Gasteiger partial charge in [0, 0.05) is 5.56 Å². The maximum atomic E-state index is 12.6. The molecule has 0 amide bonds. The lowest BCUT2D eigenvalue weighted by Crippen LogP contribution is -2.11. The largest absolute Gasteiger partial charge is 0.416 e. The zero-order valence-corrected chi connectivity index (χ0v) is 10.1. The molecule has 20 heavy (non-hydrogen) atoms. The quantitative estimate of drug-likeness (QED) is 0.625. The molecular formula is C10H4F6N2OS. The highest BCUT2D eigenvalue weighted by Gasteiger charge is 2.37. The van der Waals surface area contributed by atoms with E-state index in [1.165, 1.54) is 0 Å². The fraction of sp³-hybridized carbons (Fsp3) is 0.200. The molecule has 0 aliphatic rings. The van der Waals surface area contributed by atoms with Gasteiger partial charge in [-0.25, -0.2) is 5.10 Å². The van der Waals surface area contributed by atoms with Crippen LogP contribution in [0.25, 0.3) is 11.5 Å². The molecule has 2 aromatic rings. The molecule has 0 unspecified atom stereocenters. The molecule has 0 bridgehead atoms. The fourth-order valence-electron chi connectivity index (χ4n) is 1.43. The van der Waals surface area contributed by atoms with Crippen molar-refractivity contribution in [1.29, 1.82) is 0 Å². The van der Waals surface area contributed by atoms with Gasteiger partial charge in [-0.2, -0.15) is 26.3 Å². The van der Waals surface area contributed by atoms with Gasteiger partial charge in [0.05, 0.1) is 11.1 Å². The summed E-state index contributed by atoms with van der Waals surface area (Å²) in [5.74, 6) is -0.452. The number of H-pyrrole nitrogens is 1. The van der Waals surface area contributed by atoms with Crippen molar-refractivity contribution in [3.63, 3.8) is 0 Å². The van der Waals surface area contributed by atoms with Crippen LogP contribution in [0.5, 0.6) is 0 Å². The van der Waals surface area contributed by atoms with Crippen molar-refractivity contribution < 1.29 is 30.8 Å². The van der Waals surface area contributed by atoms with Crippen LogP contribution >= 0.6 is 12.2 Å². The van der Waals surface area contributed by atoms with Gasteiger partial charge in [-0.3, -0.25) is 0 Å². The standard InChI is InChI=1S/C10H4F6N2OS/c11-9(12,13)5-1-4(7-17-18-8(20)19-7)2-6(3-5)10(14,15)16/h1-3H,(H,18,20). The van der Waals surface area contributed by atoms with Crippen LogP contribution in [-0.4, -0.2) is 10.2 Å². The second-order valence-corrected chi connectivity index (χ2v) is 4.08. The zero-order valence-electron chi connectivity index (χ0n) is 9.26. The summed E-state index contributed by atoms with van der Waals surface area (Å²) in [6.07, 6.45) is -9.85. The zero-order chi connectivity index (χ0) is 15.1. The Morgan fingerprint density at radius 3 is 1.80 bits per heavy atom. The summed E-state index contributed by atoms with van der Waals surface area (Å²) in [5.41, 5.74) is -3.38. The van der Waals surface area contributed by atoms with E-state index >= 15 is 0 Å². The third-order valence-electron chi connectivity index (χ3n) is 2.27. The number of alkyl halides is 6. The highest BCUT2D eigenvalue weighted by molar-refractivity contribution is 7.71. The first-order valence-electron chi connectivity index (χ1n) is 4.93. The van der Waals surface area contributed by atoms with E-state index in [4.69, 9.17) is 4.42 Å². The maximum Gasteiger partial charge on any atom is 0.416 e. The first-order valence-corrected chi connectivity index (χ1v) is 5.33. The van der Waals surface area contributed by atoms with Gasteiger partial charge in [0.15, 0.2) is 0 Å². The van der Waals surface area contributed by atoms with E-state index in [9.17, 15) is 26.3 Å². The molecule has 2 rings (SSSR count). The minimum atomic E-state index is -4.93. The molecule has 108 valence electrons. The Balaban J connectivity index is 2.66. The number of nitrogens with one attached hydrogen (secondary N) is 1. The van der Waals surface area contributed by atoms with Gasteiger partial charge in [-0.1, -0.05) is 0 Å². The van der Waals surface area contributed by atoms with E-state index < -0.39 is 34.9 Å². The number of halogens is 6. The van der Waals surface area contributed by atoms with Crippen molar-refractivity contribution in [3.8, 4) is 11.5 Å². The molecule has 1 heterocycles. The van der Waals surface area contributed by atoms with E-state index in [1.54, 1.807) is 0 Å². The molecule has 0 atom stereocenters. The minimum Gasteiger partial charge on any atom is -0.409 e. The third-order valence-corrected chi connectivity index (χ3v) is 2.45. The van der Waals surface area contributed by atoms with E-state index in [2.05, 4.69) is 22.4 Å². The average molecular weight is 314 g/mol. The van der Waals surface area contributed by atoms with Crippen molar-refractivity contribution in [2.45, 2.75) is 12.4 Å². The summed E-state index contributed by atoms with van der Waals surface area (Å²) >= 11 is 4.52. The number of benzene rings is 1. The van der Waals surface area contributed by atoms with Gasteiger partial charge >= 0.3 is 12.4 Å². The molecule has 1 N–H and O–H groups in total. The van der Waals surface area contributed by atoms with Gasteiger partial charge in [0.25, 0.3) is 4.84 Å². The average Bonchev–Trinajstić information content (AvgIpc) is 2.73. The van der Waals surface area contributed by atoms with Crippen LogP contribution in [0.15, 0.2) is 22.6 Å². The molecule has 1 aromatic heterocycles. The maximum absolute atomic E-state index is 12.6. The highest BCUT2D eigenvalue weighted by atomic mass is 32.1. The Kier molecular flexibility index (Phi) is 3.36. The molecule has 0 radical (unpaired) electrons. The van der Waals surface area contributed by atoms with E-state index in [0.717, 1.165) is 0 Å². The second kappa shape index (κ2) is 4.62. The molecule has 3 nitrogen and oxygen atoms in total. The molecule has 0 fully saturated rings. The summed E-state index contributed by atoms with van der Waals surface area (Å²) in [5, 5.41) is 5.52. The van der Waals surface area contributed by atoms with Crippen molar-refractivity contribution in [3.05, 3.63) is 34.2 Å². The number of aromatic nitrogens is 2. The number of aromatic amines is 1. The minimum absolute atomic E-state index is 0.0186. The summed E-state index contributed by atoms with van der Waals surface area (Å²) in [4.78, 5) is -0.258. The second-order valence-electron chi connectivity index (χ2n) is 3.71. The molecule has 10 heteroatoms. The van der Waals surface area contributed by atoms with Gasteiger partial charge in [-0.15, -0.1) is 5.10 Å². The molecular weight excluding hydrogens is 310 g/mol. The van der Waals surface area contributed by atoms with Crippen LogP contribution in [0.4, 0.5) is 26.3 Å². The van der Waals surface area contributed by atoms with Gasteiger partial charge in [-0.05, 0) is 30.4 Å². The molecule has 0 saturated heterocycles. The molecule has 1 aromatic carbocycles. The van der Waals surface area contributed by atoms with E-state index in [0.29, 0.717) is 12.1 Å². The predicted octanol–water partition coefficient (Wildman–Crippen LogP) is 4.44. The Morgan fingerprint density at radius 2 is 1.45 bits per heavy atom. The van der Waals surface area contributed by atoms with E-state index in [-0.39, 0.29) is 10.9 Å². The van der Waals surface area contributed by atoms with Gasteiger partial charge in [0.2, 0.25) is 5.89 Å². The van der Waals surface area contributed by atoms with Gasteiger partial charge < -0.3 is 4.42 Å². The lowest BCUT2D eigenvalue weighted by Gasteiger charge is -2.12. The van der Waals surface area contributed by atoms with Crippen LogP contribution in [-0.2, 0) is 12.4 Å². The van der Waals surface area contributed by atoms with Crippen molar-refractivity contribution in [1.82, 2.24) is 10.2 Å². The summed E-state index contributed by atoms with van der Waals surface area (Å²) in [6.45, 7) is 0. The first-order chi connectivity index (χ1) is 9.07. The Morgan fingerprint density at radius 1 is 0.950 bits per heavy atom. The smallest absolute Gasteiger partial charge is 0.409 e. The number of hydrogen-bond donors (Lipinski definition) is 1. The van der Waals surface area contributed by atoms with Crippen LogP contribution in [0.1, 0.15) is 11.1 Å². The first kappa shape index (κ1) is 14.6. The van der Waals surface area contributed by atoms with Crippen molar-refractivity contribution in [2.75, 3.05) is 0 Å². The van der Waals surface area contributed by atoms with Crippen molar-refractivity contribution >= 4 is 12.2 Å². The number of nitrogens with zero attached hydrogens (tertiary/aromatic N) is 1. The number of rotatable bonds is 1. The lowest BCUT2D eigenvalue weighted by atomic mass is 10.0. The van der Waals surface area contributed by atoms with Crippen LogP contribution in [0.3, 0.4) is 0 Å². The van der Waals surface area contributed by atoms with E-state index in [1.807, 2.05) is 0 Å². The molecule has 0 aliphatic heterocycles. The Bertz CT molecular complexity index is 652. The Labute approximate surface area is 112 Å². The lowest BCUT2D eigenvalue weighted by molar-refractivity contribution is -0.143. The number of hydrogen-bond acceptors (Lipinski definition) is 3. The summed E-state index contributed by atoms with van der Waals surface area (Å²) in [6, 6.07) is 1.03. The summed E-state index contributed by atoms with van der Waals surface area (Å²) in [7, 11) is 0. The normalized spacial score (nSPS) is 12.7. The van der Waals surface area contributed by atoms with Crippen LogP contribution in [0.2, 0.25) is 0 Å².